The largest absolute Gasteiger partial charge is 0.573 e. The van der Waals surface area contributed by atoms with Crippen molar-refractivity contribution in [2.45, 2.75) is 13.3 Å². The summed E-state index contributed by atoms with van der Waals surface area (Å²) in [6.07, 6.45) is -4.98. The first-order chi connectivity index (χ1) is 7.76. The second-order valence-corrected chi connectivity index (χ2v) is 3.42. The van der Waals surface area contributed by atoms with Gasteiger partial charge in [0.2, 0.25) is 0 Å². The van der Waals surface area contributed by atoms with Crippen LogP contribution in [-0.2, 0) is 0 Å². The minimum absolute atomic E-state index is 0.221. The van der Waals surface area contributed by atoms with E-state index >= 15 is 0 Å². The zero-order valence-corrected chi connectivity index (χ0v) is 9.19. The van der Waals surface area contributed by atoms with Crippen molar-refractivity contribution >= 4 is 17.4 Å². The average molecular weight is 264 g/mol. The van der Waals surface area contributed by atoms with E-state index in [1.54, 1.807) is 6.07 Å². The maximum Gasteiger partial charge on any atom is 0.573 e. The normalized spacial score (nSPS) is 10.8. The van der Waals surface area contributed by atoms with Crippen LogP contribution >= 0.6 is 11.6 Å². The smallest absolute Gasteiger partial charge is 0.403 e. The third-order valence-corrected chi connectivity index (χ3v) is 2.10. The van der Waals surface area contributed by atoms with E-state index in [1.165, 1.54) is 0 Å². The maximum absolute atomic E-state index is 12.1. The number of nitriles is 1. The second kappa shape index (κ2) is 4.63. The van der Waals surface area contributed by atoms with Crippen LogP contribution in [0.25, 0.3) is 0 Å². The number of Topliss-reactive ketones (excluding diaryl/α,β-unsaturated/α-hetero) is 1. The molecule has 0 aromatic heterocycles. The lowest BCUT2D eigenvalue weighted by atomic mass is 10.0. The van der Waals surface area contributed by atoms with Crippen molar-refractivity contribution < 1.29 is 22.7 Å². The van der Waals surface area contributed by atoms with Crippen LogP contribution in [-0.4, -0.2) is 12.1 Å². The molecule has 17 heavy (non-hydrogen) atoms. The molecule has 0 radical (unpaired) electrons. The summed E-state index contributed by atoms with van der Waals surface area (Å²) in [5.74, 6) is -1.57. The second-order valence-electron chi connectivity index (χ2n) is 3.01. The van der Waals surface area contributed by atoms with Gasteiger partial charge in [-0.05, 0) is 19.1 Å². The quantitative estimate of drug-likeness (QED) is 0.769. The molecular weight excluding hydrogens is 259 g/mol. The molecule has 0 N–H and O–H groups in total. The van der Waals surface area contributed by atoms with E-state index in [1.807, 2.05) is 0 Å². The van der Waals surface area contributed by atoms with Gasteiger partial charge in [0, 0.05) is 0 Å². The highest BCUT2D eigenvalue weighted by molar-refractivity contribution is 6.32. The van der Waals surface area contributed by atoms with Gasteiger partial charge < -0.3 is 4.74 Å². The Morgan fingerprint density at radius 3 is 2.47 bits per heavy atom. The topological polar surface area (TPSA) is 50.1 Å². The molecule has 0 fully saturated rings. The summed E-state index contributed by atoms with van der Waals surface area (Å²) >= 11 is 5.52. The zero-order chi connectivity index (χ0) is 13.2. The van der Waals surface area contributed by atoms with Crippen LogP contribution in [0.15, 0.2) is 12.1 Å². The standard InChI is InChI=1S/C10H5ClF3NO2/c1-5(16)8-6(4-15)2-3-7(11)9(8)17-10(12,13)14/h2-3H,1H3. The fourth-order valence-electron chi connectivity index (χ4n) is 1.22. The molecule has 0 aliphatic rings. The Hall–Kier alpha value is -1.74. The van der Waals surface area contributed by atoms with Gasteiger partial charge in [-0.15, -0.1) is 13.2 Å². The van der Waals surface area contributed by atoms with Crippen LogP contribution in [0, 0.1) is 11.3 Å². The summed E-state index contributed by atoms with van der Waals surface area (Å²) in [4.78, 5) is 11.2. The number of ether oxygens (including phenoxy) is 1. The van der Waals surface area contributed by atoms with Crippen molar-refractivity contribution in [3.63, 3.8) is 0 Å². The van der Waals surface area contributed by atoms with E-state index in [-0.39, 0.29) is 10.6 Å². The van der Waals surface area contributed by atoms with Crippen LogP contribution in [0.5, 0.6) is 5.75 Å². The molecule has 0 saturated heterocycles. The number of ketones is 1. The number of carbonyl (C=O) groups is 1. The lowest BCUT2D eigenvalue weighted by Gasteiger charge is -2.14. The summed E-state index contributed by atoms with van der Waals surface area (Å²) in [6.45, 7) is 1.02. The maximum atomic E-state index is 12.1. The number of hydrogen-bond donors (Lipinski definition) is 0. The molecule has 1 aromatic carbocycles. The van der Waals surface area contributed by atoms with Gasteiger partial charge in [-0.2, -0.15) is 5.26 Å². The van der Waals surface area contributed by atoms with E-state index in [2.05, 4.69) is 4.74 Å². The molecule has 7 heteroatoms. The van der Waals surface area contributed by atoms with E-state index in [0.29, 0.717) is 0 Å². The Bertz CT molecular complexity index is 505. The molecule has 0 atom stereocenters. The molecule has 0 unspecified atom stereocenters. The van der Waals surface area contributed by atoms with Crippen LogP contribution in [0.3, 0.4) is 0 Å². The molecule has 3 nitrogen and oxygen atoms in total. The van der Waals surface area contributed by atoms with Crippen molar-refractivity contribution in [1.82, 2.24) is 0 Å². The van der Waals surface area contributed by atoms with Gasteiger partial charge in [0.15, 0.2) is 11.5 Å². The Morgan fingerprint density at radius 2 is 2.06 bits per heavy atom. The number of halogens is 4. The minimum atomic E-state index is -4.98. The van der Waals surface area contributed by atoms with Crippen LogP contribution in [0.2, 0.25) is 5.02 Å². The van der Waals surface area contributed by atoms with Crippen molar-refractivity contribution in [3.05, 3.63) is 28.3 Å². The first kappa shape index (κ1) is 13.3. The van der Waals surface area contributed by atoms with Crippen molar-refractivity contribution in [2.75, 3.05) is 0 Å². The molecule has 0 saturated carbocycles. The molecular formula is C10H5ClF3NO2. The monoisotopic (exact) mass is 263 g/mol. The lowest BCUT2D eigenvalue weighted by molar-refractivity contribution is -0.274. The van der Waals surface area contributed by atoms with Crippen molar-refractivity contribution in [2.24, 2.45) is 0 Å². The van der Waals surface area contributed by atoms with Gasteiger partial charge >= 0.3 is 6.36 Å². The summed E-state index contributed by atoms with van der Waals surface area (Å²) in [6, 6.07) is 3.82. The zero-order valence-electron chi connectivity index (χ0n) is 8.43. The number of hydrogen-bond acceptors (Lipinski definition) is 3. The molecule has 0 aliphatic carbocycles. The van der Waals surface area contributed by atoms with Crippen LogP contribution in [0.4, 0.5) is 13.2 Å². The molecule has 1 rings (SSSR count). The minimum Gasteiger partial charge on any atom is -0.403 e. The number of nitrogens with zero attached hydrogens (tertiary/aromatic N) is 1. The predicted molar refractivity (Wildman–Crippen MR) is 52.9 cm³/mol. The van der Waals surface area contributed by atoms with Gasteiger partial charge in [0.05, 0.1) is 16.1 Å². The van der Waals surface area contributed by atoms with Crippen LogP contribution < -0.4 is 4.74 Å². The molecule has 0 amide bonds. The molecule has 1 aromatic rings. The number of alkyl halides is 3. The fraction of sp³-hybridized carbons (Fsp3) is 0.200. The number of carbonyl (C=O) groups excluding carboxylic acids is 1. The highest BCUT2D eigenvalue weighted by Crippen LogP contribution is 2.35. The van der Waals surface area contributed by atoms with Gasteiger partial charge in [0.1, 0.15) is 6.07 Å². The third kappa shape index (κ3) is 3.11. The Kier molecular flexibility index (Phi) is 3.63. The Labute approximate surface area is 99.4 Å². The first-order valence-corrected chi connectivity index (χ1v) is 4.63. The summed E-state index contributed by atoms with van der Waals surface area (Å²) < 4.78 is 40.0. The molecule has 0 aliphatic heterocycles. The first-order valence-electron chi connectivity index (χ1n) is 4.25. The lowest BCUT2D eigenvalue weighted by Crippen LogP contribution is -2.19. The van der Waals surface area contributed by atoms with Gasteiger partial charge in [0.25, 0.3) is 0 Å². The molecule has 0 spiro atoms. The molecule has 0 heterocycles. The summed E-state index contributed by atoms with van der Waals surface area (Å²) in [5.41, 5.74) is -0.696. The average Bonchev–Trinajstić information content (AvgIpc) is 2.18. The van der Waals surface area contributed by atoms with Gasteiger partial charge in [-0.25, -0.2) is 0 Å². The van der Waals surface area contributed by atoms with E-state index < -0.39 is 23.5 Å². The molecule has 90 valence electrons. The van der Waals surface area contributed by atoms with Crippen LogP contribution in [0.1, 0.15) is 22.8 Å². The van der Waals surface area contributed by atoms with E-state index in [4.69, 9.17) is 16.9 Å². The van der Waals surface area contributed by atoms with E-state index in [0.717, 1.165) is 19.1 Å². The highest BCUT2D eigenvalue weighted by Gasteiger charge is 2.34. The van der Waals surface area contributed by atoms with Crippen molar-refractivity contribution in [1.29, 1.82) is 5.26 Å². The summed E-state index contributed by atoms with van der Waals surface area (Å²) in [7, 11) is 0. The van der Waals surface area contributed by atoms with Gasteiger partial charge in [-0.1, -0.05) is 11.6 Å². The Balaban J connectivity index is 3.46. The van der Waals surface area contributed by atoms with Gasteiger partial charge in [-0.3, -0.25) is 4.79 Å². The van der Waals surface area contributed by atoms with Crippen molar-refractivity contribution in [3.8, 4) is 11.8 Å². The fourth-order valence-corrected chi connectivity index (χ4v) is 1.41. The molecule has 0 bridgehead atoms. The van der Waals surface area contributed by atoms with E-state index in [9.17, 15) is 18.0 Å². The number of rotatable bonds is 2. The predicted octanol–water partition coefficient (Wildman–Crippen LogP) is 3.31. The highest BCUT2D eigenvalue weighted by atomic mass is 35.5. The third-order valence-electron chi connectivity index (χ3n) is 1.80. The summed E-state index contributed by atoms with van der Waals surface area (Å²) in [5, 5.41) is 8.32. The SMILES string of the molecule is CC(=O)c1c(C#N)ccc(Cl)c1OC(F)(F)F. The Morgan fingerprint density at radius 1 is 1.47 bits per heavy atom. The number of benzene rings is 1.